The third-order valence-electron chi connectivity index (χ3n) is 9.57. The van der Waals surface area contributed by atoms with Gasteiger partial charge in [-0.3, -0.25) is 32.5 Å². The van der Waals surface area contributed by atoms with E-state index < -0.39 is 84.6 Å². The maximum absolute atomic E-state index is 12.7. The van der Waals surface area contributed by atoms with E-state index in [2.05, 4.69) is 41.3 Å². The van der Waals surface area contributed by atoms with Crippen LogP contribution >= 0.6 is 35.2 Å². The Morgan fingerprint density at radius 1 is 0.953 bits per heavy atom. The van der Waals surface area contributed by atoms with Crippen molar-refractivity contribution in [2.24, 2.45) is 5.41 Å². The van der Waals surface area contributed by atoms with Crippen LogP contribution in [0.5, 0.6) is 0 Å². The fourth-order valence-corrected chi connectivity index (χ4v) is 9.60. The number of thioether (sulfide) groups is 1. The number of carbonyl (C=O) groups excluding carboxylic acids is 3. The summed E-state index contributed by atoms with van der Waals surface area (Å²) in [5, 5.41) is 36.1. The van der Waals surface area contributed by atoms with E-state index in [9.17, 15) is 63.0 Å². The van der Waals surface area contributed by atoms with Crippen LogP contribution < -0.4 is 16.4 Å². The normalized spacial score (nSPS) is 20.7. The lowest BCUT2D eigenvalue weighted by atomic mass is 9.87. The van der Waals surface area contributed by atoms with Gasteiger partial charge in [0.25, 0.3) is 0 Å². The van der Waals surface area contributed by atoms with E-state index in [1.165, 1.54) is 52.0 Å². The molecule has 3 heterocycles. The summed E-state index contributed by atoms with van der Waals surface area (Å²) in [5.74, 6) is -1.27. The maximum atomic E-state index is 12.7. The van der Waals surface area contributed by atoms with E-state index in [0.717, 1.165) is 54.7 Å². The molecule has 7 atom stereocenters. The Morgan fingerprint density at radius 2 is 1.59 bits per heavy atom. The smallest absolute Gasteiger partial charge is 0.481 e. The number of nitrogen functional groups attached to an aromatic ring is 1. The number of phosphoric ester groups is 3. The summed E-state index contributed by atoms with van der Waals surface area (Å²) in [5.41, 5.74) is 4.24. The molecule has 3 rings (SSSR count). The second kappa shape index (κ2) is 25.9. The van der Waals surface area contributed by atoms with Gasteiger partial charge in [-0.2, -0.15) is 4.31 Å². The molecular weight excluding hydrogens is 931 g/mol. The summed E-state index contributed by atoms with van der Waals surface area (Å²) in [6.45, 7) is 2.53. The fraction of sp³-hybridized carbons (Fsp3) is 0.714. The van der Waals surface area contributed by atoms with Gasteiger partial charge < -0.3 is 56.0 Å². The summed E-state index contributed by atoms with van der Waals surface area (Å²) in [6, 6.07) is 0. The summed E-state index contributed by atoms with van der Waals surface area (Å²) in [7, 11) is -16.4. The Bertz CT molecular complexity index is 2020. The molecule has 11 N–H and O–H groups in total. The van der Waals surface area contributed by atoms with E-state index in [1.807, 2.05) is 0 Å². The maximum Gasteiger partial charge on any atom is 0.481 e. The minimum Gasteiger partial charge on any atom is -0.512 e. The molecule has 1 fully saturated rings. The van der Waals surface area contributed by atoms with E-state index >= 15 is 0 Å². The zero-order valence-corrected chi connectivity index (χ0v) is 39.2. The van der Waals surface area contributed by atoms with Gasteiger partial charge in [0.1, 0.15) is 36.3 Å². The van der Waals surface area contributed by atoms with Crippen LogP contribution in [0.2, 0.25) is 0 Å². The van der Waals surface area contributed by atoms with Crippen molar-refractivity contribution >= 4 is 69.1 Å². The molecule has 25 nitrogen and oxygen atoms in total. The van der Waals surface area contributed by atoms with Crippen molar-refractivity contribution in [1.82, 2.24) is 30.2 Å². The van der Waals surface area contributed by atoms with Crippen molar-refractivity contribution in [2.75, 3.05) is 37.8 Å². The van der Waals surface area contributed by atoms with Crippen LogP contribution in [0.25, 0.3) is 11.2 Å². The first-order chi connectivity index (χ1) is 29.9. The van der Waals surface area contributed by atoms with Gasteiger partial charge in [0.15, 0.2) is 17.7 Å². The standard InChI is InChI=1S/C35H60N7O18P3S/c1-4-5-6-7-8-9-10-11-12-13-23(43)18-26(45)64-17-16-37-25(44)14-15-38-33(48)30(47)35(2,3)20-57-63(54,55)60-62(52,53)56-19-24-29(59-61(49,50)51)28(46)34(58-24)42-22-41-27-31(36)39-21-40-32(27)42/h18,21-22,24,28-30,34,43,46-47H,4-17,19-20H2,1-3H3,(H,37,44)(H,38,48)(H,52,53)(H,54,55)(H2,36,39,40)(H2,49,50,51)/t24-,28-,29-,30+,34-/m1/s1. The van der Waals surface area contributed by atoms with Crippen LogP contribution in [0.1, 0.15) is 97.6 Å². The Hall–Kier alpha value is -2.90. The molecule has 2 amide bonds. The highest BCUT2D eigenvalue weighted by molar-refractivity contribution is 8.14. The fourth-order valence-electron chi connectivity index (χ4n) is 6.15. The number of ether oxygens (including phenoxy) is 1. The Labute approximate surface area is 373 Å². The van der Waals surface area contributed by atoms with E-state index in [0.29, 0.717) is 6.42 Å². The zero-order chi connectivity index (χ0) is 47.7. The molecule has 1 saturated heterocycles. The van der Waals surface area contributed by atoms with E-state index in [-0.39, 0.29) is 53.1 Å². The first-order valence-electron chi connectivity index (χ1n) is 20.4. The number of carbonyl (C=O) groups is 3. The molecule has 1 aliphatic rings. The SMILES string of the molecule is CCCCCCCCCCCC(O)=CC(=O)SCCNC(=O)CCNC(=O)[C@H](O)C(C)(C)COP(=O)(O)OP(=O)(O)OC[C@H]1O[C@@H](n2cnc3c(N)ncnc32)[C@H](O)[C@@H]1OP(=O)(O)O. The number of hydrogen-bond acceptors (Lipinski definition) is 19. The van der Waals surface area contributed by atoms with Gasteiger partial charge >= 0.3 is 23.5 Å². The molecule has 0 spiro atoms. The van der Waals surface area contributed by atoms with Crippen LogP contribution in [0.3, 0.4) is 0 Å². The zero-order valence-electron chi connectivity index (χ0n) is 35.7. The monoisotopic (exact) mass is 991 g/mol. The molecule has 0 saturated carbocycles. The number of nitrogens with one attached hydrogen (secondary N) is 2. The molecule has 364 valence electrons. The number of hydrogen-bond donors (Lipinski definition) is 10. The number of phosphoric acid groups is 3. The summed E-state index contributed by atoms with van der Waals surface area (Å²) < 4.78 is 62.3. The second-order valence-corrected chi connectivity index (χ2v) is 20.8. The molecule has 1 aliphatic heterocycles. The first kappa shape index (κ1) is 55.4. The quantitative estimate of drug-likeness (QED) is 0.0233. The Balaban J connectivity index is 1.38. The van der Waals surface area contributed by atoms with Crippen molar-refractivity contribution in [3.63, 3.8) is 0 Å². The summed E-state index contributed by atoms with van der Waals surface area (Å²) >= 11 is 0.919. The average molecular weight is 992 g/mol. The van der Waals surface area contributed by atoms with Crippen molar-refractivity contribution in [1.29, 1.82) is 0 Å². The van der Waals surface area contributed by atoms with Crippen LogP contribution in [-0.4, -0.2) is 128 Å². The van der Waals surface area contributed by atoms with Crippen molar-refractivity contribution < 1.29 is 85.6 Å². The first-order valence-corrected chi connectivity index (χ1v) is 25.9. The highest BCUT2D eigenvalue weighted by Gasteiger charge is 2.50. The number of aromatic nitrogens is 4. The largest absolute Gasteiger partial charge is 0.512 e. The molecule has 29 heteroatoms. The van der Waals surface area contributed by atoms with Gasteiger partial charge in [0, 0.05) is 43.2 Å². The minimum atomic E-state index is -5.59. The lowest BCUT2D eigenvalue weighted by molar-refractivity contribution is -0.137. The predicted molar refractivity (Wildman–Crippen MR) is 230 cm³/mol. The number of nitrogens with zero attached hydrogens (tertiary/aromatic N) is 4. The highest BCUT2D eigenvalue weighted by atomic mass is 32.2. The molecule has 0 aliphatic carbocycles. The van der Waals surface area contributed by atoms with Crippen molar-refractivity contribution in [2.45, 2.75) is 122 Å². The van der Waals surface area contributed by atoms with Gasteiger partial charge in [-0.05, 0) is 6.42 Å². The number of aliphatic hydroxyl groups is 3. The Morgan fingerprint density at radius 3 is 2.25 bits per heavy atom. The Kier molecular flexibility index (Phi) is 22.4. The minimum absolute atomic E-state index is 0.0149. The number of unbranched alkanes of at least 4 members (excludes halogenated alkanes) is 8. The number of fused-ring (bicyclic) bond motifs is 1. The second-order valence-electron chi connectivity index (χ2n) is 15.5. The molecule has 0 bridgehead atoms. The lowest BCUT2D eigenvalue weighted by Gasteiger charge is -2.30. The van der Waals surface area contributed by atoms with Crippen LogP contribution in [0, 0.1) is 5.41 Å². The van der Waals surface area contributed by atoms with Crippen LogP contribution in [0.15, 0.2) is 24.5 Å². The summed E-state index contributed by atoms with van der Waals surface area (Å²) in [6.07, 6.45) is 4.81. The van der Waals surface area contributed by atoms with Crippen LogP contribution in [0.4, 0.5) is 5.82 Å². The van der Waals surface area contributed by atoms with Gasteiger partial charge in [-0.15, -0.1) is 0 Å². The van der Waals surface area contributed by atoms with Gasteiger partial charge in [-0.1, -0.05) is 83.9 Å². The van der Waals surface area contributed by atoms with Gasteiger partial charge in [0.2, 0.25) is 16.9 Å². The molecule has 2 aromatic heterocycles. The van der Waals surface area contributed by atoms with Gasteiger partial charge in [-0.25, -0.2) is 28.6 Å². The number of anilines is 1. The number of allylic oxidation sites excluding steroid dienone is 1. The molecular formula is C35H60N7O18P3S. The molecule has 2 aromatic rings. The number of nitrogens with two attached hydrogens (primary N) is 1. The number of imidazole rings is 1. The van der Waals surface area contributed by atoms with Crippen molar-refractivity contribution in [3.05, 3.63) is 24.5 Å². The predicted octanol–water partition coefficient (Wildman–Crippen LogP) is 3.03. The third kappa shape index (κ3) is 19.1. The molecule has 64 heavy (non-hydrogen) atoms. The number of rotatable bonds is 30. The van der Waals surface area contributed by atoms with E-state index in [4.69, 9.17) is 19.5 Å². The van der Waals surface area contributed by atoms with Gasteiger partial charge in [0.05, 0.1) is 25.3 Å². The average Bonchev–Trinajstić information content (AvgIpc) is 3.76. The summed E-state index contributed by atoms with van der Waals surface area (Å²) in [4.78, 5) is 88.1. The number of amides is 2. The highest BCUT2D eigenvalue weighted by Crippen LogP contribution is 2.61. The van der Waals surface area contributed by atoms with Crippen molar-refractivity contribution in [3.8, 4) is 0 Å². The van der Waals surface area contributed by atoms with Crippen LogP contribution in [-0.2, 0) is 50.7 Å². The molecule has 2 unspecified atom stereocenters. The number of aliphatic hydroxyl groups excluding tert-OH is 3. The lowest BCUT2D eigenvalue weighted by Crippen LogP contribution is -2.46. The molecule has 0 radical (unpaired) electrons. The third-order valence-corrected chi connectivity index (χ3v) is 13.5. The van der Waals surface area contributed by atoms with E-state index in [1.54, 1.807) is 0 Å². The molecule has 0 aromatic carbocycles. The topological polar surface area (TPSA) is 384 Å².